The Morgan fingerprint density at radius 1 is 0.867 bits per heavy atom. The van der Waals surface area contributed by atoms with Gasteiger partial charge in [0.25, 0.3) is 0 Å². The van der Waals surface area contributed by atoms with Crippen molar-refractivity contribution in [2.75, 3.05) is 0 Å². The summed E-state index contributed by atoms with van der Waals surface area (Å²) in [7, 11) is 0. The predicted octanol–water partition coefficient (Wildman–Crippen LogP) is 4.11. The summed E-state index contributed by atoms with van der Waals surface area (Å²) >= 11 is 0. The van der Waals surface area contributed by atoms with Crippen LogP contribution in [0.2, 0.25) is 0 Å². The van der Waals surface area contributed by atoms with Crippen molar-refractivity contribution >= 4 is 0 Å². The molecule has 0 fully saturated rings. The lowest BCUT2D eigenvalue weighted by Crippen LogP contribution is -1.85. The van der Waals surface area contributed by atoms with Crippen LogP contribution in [0.15, 0.2) is 42.5 Å². The number of aryl methyl sites for hydroxylation is 2. The third-order valence-corrected chi connectivity index (χ3v) is 2.56. The van der Waals surface area contributed by atoms with Crippen molar-refractivity contribution in [2.45, 2.75) is 13.8 Å². The van der Waals surface area contributed by atoms with Crippen molar-refractivity contribution in [3.8, 4) is 11.1 Å². The van der Waals surface area contributed by atoms with Gasteiger partial charge in [-0.25, -0.2) is 4.39 Å². The van der Waals surface area contributed by atoms with Gasteiger partial charge in [0, 0.05) is 0 Å². The molecule has 2 aromatic rings. The van der Waals surface area contributed by atoms with E-state index >= 15 is 0 Å². The molecule has 0 N–H and O–H groups in total. The molecule has 0 unspecified atom stereocenters. The molecule has 0 radical (unpaired) electrons. The molecule has 0 bridgehead atoms. The molecular formula is C14H13F. The highest BCUT2D eigenvalue weighted by atomic mass is 19.1. The van der Waals surface area contributed by atoms with Crippen LogP contribution in [0.25, 0.3) is 11.1 Å². The second kappa shape index (κ2) is 3.85. The molecule has 15 heavy (non-hydrogen) atoms. The summed E-state index contributed by atoms with van der Waals surface area (Å²) < 4.78 is 13.1. The first-order chi connectivity index (χ1) is 7.16. The SMILES string of the molecule is Cc1ccc(-c2cc(F)ccc2C)cc1. The third kappa shape index (κ3) is 2.07. The first-order valence-electron chi connectivity index (χ1n) is 5.00. The largest absolute Gasteiger partial charge is 0.207 e. The van der Waals surface area contributed by atoms with Crippen molar-refractivity contribution in [3.63, 3.8) is 0 Å². The molecule has 0 aliphatic heterocycles. The zero-order chi connectivity index (χ0) is 10.8. The average molecular weight is 200 g/mol. The number of hydrogen-bond donors (Lipinski definition) is 0. The van der Waals surface area contributed by atoms with E-state index in [4.69, 9.17) is 0 Å². The van der Waals surface area contributed by atoms with E-state index in [1.54, 1.807) is 6.07 Å². The average Bonchev–Trinajstić information content (AvgIpc) is 2.23. The lowest BCUT2D eigenvalue weighted by atomic mass is 10.00. The molecule has 2 rings (SSSR count). The second-order valence-electron chi connectivity index (χ2n) is 3.83. The molecule has 0 amide bonds. The van der Waals surface area contributed by atoms with E-state index in [1.807, 2.05) is 44.2 Å². The number of hydrogen-bond acceptors (Lipinski definition) is 0. The Morgan fingerprint density at radius 3 is 2.20 bits per heavy atom. The van der Waals surface area contributed by atoms with Crippen LogP contribution in [0.3, 0.4) is 0 Å². The van der Waals surface area contributed by atoms with E-state index < -0.39 is 0 Å². The van der Waals surface area contributed by atoms with Crippen LogP contribution in [0.1, 0.15) is 11.1 Å². The van der Waals surface area contributed by atoms with E-state index in [-0.39, 0.29) is 5.82 Å². The molecule has 0 saturated carbocycles. The monoisotopic (exact) mass is 200 g/mol. The maximum atomic E-state index is 13.1. The van der Waals surface area contributed by atoms with E-state index in [0.717, 1.165) is 16.7 Å². The highest BCUT2D eigenvalue weighted by molar-refractivity contribution is 5.67. The van der Waals surface area contributed by atoms with Crippen molar-refractivity contribution in [3.05, 3.63) is 59.4 Å². The maximum absolute atomic E-state index is 13.1. The lowest BCUT2D eigenvalue weighted by molar-refractivity contribution is 0.628. The summed E-state index contributed by atoms with van der Waals surface area (Å²) in [4.78, 5) is 0. The van der Waals surface area contributed by atoms with Crippen LogP contribution in [-0.4, -0.2) is 0 Å². The summed E-state index contributed by atoms with van der Waals surface area (Å²) in [5, 5.41) is 0. The van der Waals surface area contributed by atoms with Gasteiger partial charge in [-0.2, -0.15) is 0 Å². The Hall–Kier alpha value is -1.63. The molecule has 0 saturated heterocycles. The van der Waals surface area contributed by atoms with Crippen LogP contribution >= 0.6 is 0 Å². The van der Waals surface area contributed by atoms with E-state index in [1.165, 1.54) is 11.6 Å². The maximum Gasteiger partial charge on any atom is 0.123 e. The van der Waals surface area contributed by atoms with Gasteiger partial charge in [0.2, 0.25) is 0 Å². The molecular weight excluding hydrogens is 187 g/mol. The fraction of sp³-hybridized carbons (Fsp3) is 0.143. The van der Waals surface area contributed by atoms with Gasteiger partial charge in [0.15, 0.2) is 0 Å². The normalized spacial score (nSPS) is 10.3. The van der Waals surface area contributed by atoms with Gasteiger partial charge in [-0.3, -0.25) is 0 Å². The van der Waals surface area contributed by atoms with Crippen molar-refractivity contribution in [2.24, 2.45) is 0 Å². The third-order valence-electron chi connectivity index (χ3n) is 2.56. The molecule has 2 aromatic carbocycles. The molecule has 0 aliphatic carbocycles. The van der Waals surface area contributed by atoms with Crippen LogP contribution < -0.4 is 0 Å². The summed E-state index contributed by atoms with van der Waals surface area (Å²) in [5.74, 6) is -0.184. The van der Waals surface area contributed by atoms with Gasteiger partial charge >= 0.3 is 0 Å². The second-order valence-corrected chi connectivity index (χ2v) is 3.83. The van der Waals surface area contributed by atoms with Crippen molar-refractivity contribution in [1.82, 2.24) is 0 Å². The minimum Gasteiger partial charge on any atom is -0.207 e. The Kier molecular flexibility index (Phi) is 2.55. The molecule has 0 aromatic heterocycles. The zero-order valence-corrected chi connectivity index (χ0v) is 8.92. The highest BCUT2D eigenvalue weighted by Gasteiger charge is 2.02. The highest BCUT2D eigenvalue weighted by Crippen LogP contribution is 2.24. The summed E-state index contributed by atoms with van der Waals surface area (Å²) in [6, 6.07) is 13.0. The topological polar surface area (TPSA) is 0 Å². The van der Waals surface area contributed by atoms with E-state index in [2.05, 4.69) is 0 Å². The molecule has 1 heteroatoms. The summed E-state index contributed by atoms with van der Waals surface area (Å²) in [6.45, 7) is 4.04. The lowest BCUT2D eigenvalue weighted by Gasteiger charge is -2.06. The fourth-order valence-electron chi connectivity index (χ4n) is 1.64. The molecule has 0 spiro atoms. The summed E-state index contributed by atoms with van der Waals surface area (Å²) in [6.07, 6.45) is 0. The van der Waals surface area contributed by atoms with E-state index in [9.17, 15) is 4.39 Å². The predicted molar refractivity (Wildman–Crippen MR) is 61.3 cm³/mol. The minimum absolute atomic E-state index is 0.184. The van der Waals surface area contributed by atoms with Gasteiger partial charge in [-0.15, -0.1) is 0 Å². The molecule has 0 nitrogen and oxygen atoms in total. The Bertz CT molecular complexity index is 469. The first kappa shape index (κ1) is 9.91. The van der Waals surface area contributed by atoms with Crippen LogP contribution in [0, 0.1) is 19.7 Å². The zero-order valence-electron chi connectivity index (χ0n) is 8.92. The van der Waals surface area contributed by atoms with Gasteiger partial charge in [-0.1, -0.05) is 35.9 Å². The minimum atomic E-state index is -0.184. The Labute approximate surface area is 89.4 Å². The molecule has 0 aliphatic rings. The van der Waals surface area contributed by atoms with Gasteiger partial charge < -0.3 is 0 Å². The number of halogens is 1. The van der Waals surface area contributed by atoms with Crippen molar-refractivity contribution < 1.29 is 4.39 Å². The van der Waals surface area contributed by atoms with Crippen LogP contribution in [-0.2, 0) is 0 Å². The van der Waals surface area contributed by atoms with Crippen LogP contribution in [0.5, 0.6) is 0 Å². The Morgan fingerprint density at radius 2 is 1.53 bits per heavy atom. The quantitative estimate of drug-likeness (QED) is 0.649. The Balaban J connectivity index is 2.53. The van der Waals surface area contributed by atoms with Gasteiger partial charge in [0.05, 0.1) is 0 Å². The molecule has 0 atom stereocenters. The van der Waals surface area contributed by atoms with E-state index in [0.29, 0.717) is 0 Å². The fourth-order valence-corrected chi connectivity index (χ4v) is 1.64. The van der Waals surface area contributed by atoms with Gasteiger partial charge in [0.1, 0.15) is 5.82 Å². The standard InChI is InChI=1S/C14H13F/c1-10-3-6-12(7-4-10)14-9-13(15)8-5-11(14)2/h3-9H,1-2H3. The van der Waals surface area contributed by atoms with Gasteiger partial charge in [-0.05, 0) is 42.7 Å². The number of rotatable bonds is 1. The van der Waals surface area contributed by atoms with Crippen molar-refractivity contribution in [1.29, 1.82) is 0 Å². The van der Waals surface area contributed by atoms with Crippen LogP contribution in [0.4, 0.5) is 4.39 Å². The molecule has 0 heterocycles. The molecule has 76 valence electrons. The smallest absolute Gasteiger partial charge is 0.123 e. The summed E-state index contributed by atoms with van der Waals surface area (Å²) in [5.41, 5.74) is 4.35. The number of benzene rings is 2. The first-order valence-corrected chi connectivity index (χ1v) is 5.00.